The van der Waals surface area contributed by atoms with Gasteiger partial charge in [0.1, 0.15) is 5.82 Å². The van der Waals surface area contributed by atoms with Gasteiger partial charge in [0.15, 0.2) is 0 Å². The second-order valence-corrected chi connectivity index (χ2v) is 7.22. The van der Waals surface area contributed by atoms with E-state index >= 15 is 0 Å². The van der Waals surface area contributed by atoms with Crippen molar-refractivity contribution in [2.45, 2.75) is 6.42 Å². The molecule has 0 unspecified atom stereocenters. The van der Waals surface area contributed by atoms with Crippen LogP contribution in [0.5, 0.6) is 0 Å². The Morgan fingerprint density at radius 2 is 1.76 bits per heavy atom. The fraction of sp³-hybridized carbons (Fsp3) is 0.571. The molecule has 1 N–H and O–H groups in total. The summed E-state index contributed by atoms with van der Waals surface area (Å²) >= 11 is 0. The lowest BCUT2D eigenvalue weighted by molar-refractivity contribution is 0.384. The maximum atomic E-state index is 12.9. The number of halogens is 1. The first-order valence-corrected chi connectivity index (χ1v) is 8.77. The minimum atomic E-state index is -3.16. The Morgan fingerprint density at radius 3 is 2.33 bits per heavy atom. The molecule has 21 heavy (non-hydrogen) atoms. The highest BCUT2D eigenvalue weighted by Crippen LogP contribution is 2.18. The Bertz CT molecular complexity index is 540. The standard InChI is InChI=1S/C14H22FN3O2S/c1-16-7-2-12-21(19,20)18-10-8-17(9-11-18)14-5-3-13(15)4-6-14/h3-6,16H,2,7-12H2,1H3. The van der Waals surface area contributed by atoms with E-state index in [1.54, 1.807) is 16.4 Å². The van der Waals surface area contributed by atoms with E-state index in [0.29, 0.717) is 39.1 Å². The molecule has 0 bridgehead atoms. The highest BCUT2D eigenvalue weighted by atomic mass is 32.2. The van der Waals surface area contributed by atoms with Gasteiger partial charge in [-0.15, -0.1) is 0 Å². The van der Waals surface area contributed by atoms with Crippen molar-refractivity contribution in [2.75, 3.05) is 50.4 Å². The van der Waals surface area contributed by atoms with Gasteiger partial charge in [-0.25, -0.2) is 12.8 Å². The van der Waals surface area contributed by atoms with Crippen LogP contribution in [0.25, 0.3) is 0 Å². The number of nitrogens with zero attached hydrogens (tertiary/aromatic N) is 2. The second kappa shape index (κ2) is 7.20. The topological polar surface area (TPSA) is 52.7 Å². The van der Waals surface area contributed by atoms with E-state index in [-0.39, 0.29) is 11.6 Å². The SMILES string of the molecule is CNCCCS(=O)(=O)N1CCN(c2ccc(F)cc2)CC1. The molecule has 0 aliphatic carbocycles. The molecular weight excluding hydrogens is 293 g/mol. The van der Waals surface area contributed by atoms with Gasteiger partial charge in [0.25, 0.3) is 0 Å². The number of hydrogen-bond donors (Lipinski definition) is 1. The van der Waals surface area contributed by atoms with Crippen LogP contribution in [0.15, 0.2) is 24.3 Å². The molecule has 0 aromatic heterocycles. The van der Waals surface area contributed by atoms with E-state index in [9.17, 15) is 12.8 Å². The van der Waals surface area contributed by atoms with Gasteiger partial charge in [-0.2, -0.15) is 4.31 Å². The van der Waals surface area contributed by atoms with E-state index in [1.165, 1.54) is 12.1 Å². The van der Waals surface area contributed by atoms with E-state index in [1.807, 2.05) is 7.05 Å². The first kappa shape index (κ1) is 16.2. The smallest absolute Gasteiger partial charge is 0.214 e. The normalized spacial score (nSPS) is 17.1. The van der Waals surface area contributed by atoms with Crippen LogP contribution in [0, 0.1) is 5.82 Å². The van der Waals surface area contributed by atoms with Gasteiger partial charge in [0.05, 0.1) is 5.75 Å². The molecule has 0 spiro atoms. The Morgan fingerprint density at radius 1 is 1.14 bits per heavy atom. The molecule has 1 aromatic rings. The van der Waals surface area contributed by atoms with Gasteiger partial charge >= 0.3 is 0 Å². The average molecular weight is 315 g/mol. The fourth-order valence-electron chi connectivity index (χ4n) is 2.44. The summed E-state index contributed by atoms with van der Waals surface area (Å²) in [5, 5.41) is 2.95. The summed E-state index contributed by atoms with van der Waals surface area (Å²) < 4.78 is 38.8. The molecule has 0 atom stereocenters. The molecule has 0 amide bonds. The summed E-state index contributed by atoms with van der Waals surface area (Å²) in [5.74, 6) is -0.0748. The summed E-state index contributed by atoms with van der Waals surface area (Å²) in [6.45, 7) is 2.95. The van der Waals surface area contributed by atoms with Crippen LogP contribution in [0.3, 0.4) is 0 Å². The van der Waals surface area contributed by atoms with Crippen molar-refractivity contribution in [1.82, 2.24) is 9.62 Å². The van der Waals surface area contributed by atoms with E-state index < -0.39 is 10.0 Å². The van der Waals surface area contributed by atoms with Crippen molar-refractivity contribution in [3.05, 3.63) is 30.1 Å². The summed E-state index contributed by atoms with van der Waals surface area (Å²) in [6.07, 6.45) is 0.622. The molecular formula is C14H22FN3O2S. The zero-order chi connectivity index (χ0) is 15.3. The van der Waals surface area contributed by atoms with Crippen molar-refractivity contribution in [3.63, 3.8) is 0 Å². The molecule has 7 heteroatoms. The van der Waals surface area contributed by atoms with Gasteiger partial charge < -0.3 is 10.2 Å². The van der Waals surface area contributed by atoms with Gasteiger partial charge in [-0.1, -0.05) is 0 Å². The molecule has 0 radical (unpaired) electrons. The first-order valence-electron chi connectivity index (χ1n) is 7.16. The van der Waals surface area contributed by atoms with Crippen molar-refractivity contribution in [3.8, 4) is 0 Å². The molecule has 118 valence electrons. The van der Waals surface area contributed by atoms with E-state index in [0.717, 1.165) is 5.69 Å². The van der Waals surface area contributed by atoms with Crippen LogP contribution in [0.4, 0.5) is 10.1 Å². The minimum absolute atomic E-state index is 0.185. The predicted octanol–water partition coefficient (Wildman–Crippen LogP) is 0.887. The van der Waals surface area contributed by atoms with Crippen molar-refractivity contribution in [1.29, 1.82) is 0 Å². The van der Waals surface area contributed by atoms with Crippen LogP contribution in [0.2, 0.25) is 0 Å². The summed E-state index contributed by atoms with van der Waals surface area (Å²) in [6, 6.07) is 6.31. The summed E-state index contributed by atoms with van der Waals surface area (Å²) in [7, 11) is -1.35. The predicted molar refractivity (Wildman–Crippen MR) is 82.5 cm³/mol. The number of nitrogens with one attached hydrogen (secondary N) is 1. The molecule has 1 aliphatic rings. The molecule has 1 heterocycles. The van der Waals surface area contributed by atoms with E-state index in [2.05, 4.69) is 10.2 Å². The Hall–Kier alpha value is -1.18. The highest BCUT2D eigenvalue weighted by Gasteiger charge is 2.26. The quantitative estimate of drug-likeness (QED) is 0.792. The average Bonchev–Trinajstić information content (AvgIpc) is 2.48. The highest BCUT2D eigenvalue weighted by molar-refractivity contribution is 7.89. The van der Waals surface area contributed by atoms with Crippen LogP contribution < -0.4 is 10.2 Å². The lowest BCUT2D eigenvalue weighted by Gasteiger charge is -2.35. The number of hydrogen-bond acceptors (Lipinski definition) is 4. The number of rotatable bonds is 6. The molecule has 0 saturated carbocycles. The second-order valence-electron chi connectivity index (χ2n) is 5.14. The number of sulfonamides is 1. The van der Waals surface area contributed by atoms with Gasteiger partial charge in [0.2, 0.25) is 10.0 Å². The third-order valence-corrected chi connectivity index (χ3v) is 5.61. The molecule has 1 aromatic carbocycles. The Kier molecular flexibility index (Phi) is 5.55. The molecule has 1 aliphatic heterocycles. The first-order chi connectivity index (χ1) is 10.0. The third kappa shape index (κ3) is 4.39. The van der Waals surface area contributed by atoms with Crippen LogP contribution in [0.1, 0.15) is 6.42 Å². The fourth-order valence-corrected chi connectivity index (χ4v) is 3.92. The molecule has 2 rings (SSSR count). The maximum absolute atomic E-state index is 12.9. The van der Waals surface area contributed by atoms with Gasteiger partial charge in [-0.3, -0.25) is 0 Å². The Balaban J connectivity index is 1.89. The zero-order valence-electron chi connectivity index (χ0n) is 12.3. The largest absolute Gasteiger partial charge is 0.369 e. The monoisotopic (exact) mass is 315 g/mol. The number of benzene rings is 1. The Labute approximate surface area is 125 Å². The van der Waals surface area contributed by atoms with Gasteiger partial charge in [0, 0.05) is 31.9 Å². The molecule has 1 saturated heterocycles. The van der Waals surface area contributed by atoms with Crippen LogP contribution in [-0.4, -0.2) is 58.2 Å². The van der Waals surface area contributed by atoms with Crippen molar-refractivity contribution >= 4 is 15.7 Å². The minimum Gasteiger partial charge on any atom is -0.369 e. The lowest BCUT2D eigenvalue weighted by atomic mass is 10.2. The van der Waals surface area contributed by atoms with Gasteiger partial charge in [-0.05, 0) is 44.3 Å². The number of piperazine rings is 1. The van der Waals surface area contributed by atoms with Crippen molar-refractivity contribution < 1.29 is 12.8 Å². The summed E-state index contributed by atoms with van der Waals surface area (Å²) in [4.78, 5) is 2.08. The van der Waals surface area contributed by atoms with Crippen molar-refractivity contribution in [2.24, 2.45) is 0 Å². The zero-order valence-corrected chi connectivity index (χ0v) is 13.1. The molecule has 5 nitrogen and oxygen atoms in total. The third-order valence-electron chi connectivity index (χ3n) is 3.65. The number of anilines is 1. The summed E-state index contributed by atoms with van der Waals surface area (Å²) in [5.41, 5.74) is 0.934. The van der Waals surface area contributed by atoms with Crippen LogP contribution >= 0.6 is 0 Å². The molecule has 1 fully saturated rings. The lowest BCUT2D eigenvalue weighted by Crippen LogP contribution is -2.49. The van der Waals surface area contributed by atoms with E-state index in [4.69, 9.17) is 0 Å². The maximum Gasteiger partial charge on any atom is 0.214 e. The van der Waals surface area contributed by atoms with Crippen LogP contribution in [-0.2, 0) is 10.0 Å².